The normalized spacial score (nSPS) is 19.8. The Morgan fingerprint density at radius 2 is 1.49 bits per heavy atom. The van der Waals surface area contributed by atoms with Crippen molar-refractivity contribution in [1.82, 2.24) is 5.16 Å². The van der Waals surface area contributed by atoms with Gasteiger partial charge in [-0.05, 0) is 92.5 Å². The Morgan fingerprint density at radius 3 is 1.98 bits per heavy atom. The molecule has 3 aromatic rings. The van der Waals surface area contributed by atoms with Crippen molar-refractivity contribution in [3.8, 4) is 0 Å². The van der Waals surface area contributed by atoms with Gasteiger partial charge in [0.05, 0.1) is 12.1 Å². The third-order valence-corrected chi connectivity index (χ3v) is 14.6. The second kappa shape index (κ2) is 13.6. The summed E-state index contributed by atoms with van der Waals surface area (Å²) in [7, 11) is -2.71. The third kappa shape index (κ3) is 7.82. The largest absolute Gasteiger partial charge is 0.460 e. The fraction of sp³-hybridized carbons (Fsp3) is 0.590. The summed E-state index contributed by atoms with van der Waals surface area (Å²) in [5, 5.41) is 7.17. The van der Waals surface area contributed by atoms with Gasteiger partial charge in [-0.3, -0.25) is 4.79 Å². The van der Waals surface area contributed by atoms with Gasteiger partial charge in [0, 0.05) is 24.0 Å². The molecular formula is C39H55NO4Si. The molecule has 0 spiro atoms. The smallest absolute Gasteiger partial charge is 0.306 e. The number of carbonyl (C=O) groups is 1. The molecule has 2 saturated carbocycles. The van der Waals surface area contributed by atoms with Crippen LogP contribution in [0.1, 0.15) is 135 Å². The standard InChI is InChI=1S/C39H55NO4Si/c1-27(2)23-28-24-31(25-28)37-35(29-19-20-29)36(40-44-37)30(26-34(41)43-38(3,4)5)21-22-42-45(39(6,7)8,32-15-11-9-12-16-32)33-17-13-10-14-18-33/h9-18,27-31H,19-26H2,1-8H3/t28-,30-,31+/m0/s1. The molecule has 1 aromatic heterocycles. The second-order valence-electron chi connectivity index (χ2n) is 16.1. The summed E-state index contributed by atoms with van der Waals surface area (Å²) < 4.78 is 19.4. The molecule has 244 valence electrons. The highest BCUT2D eigenvalue weighted by molar-refractivity contribution is 6.99. The lowest BCUT2D eigenvalue weighted by Gasteiger charge is -2.43. The lowest BCUT2D eigenvalue weighted by atomic mass is 9.69. The van der Waals surface area contributed by atoms with Crippen molar-refractivity contribution in [3.05, 3.63) is 77.7 Å². The minimum Gasteiger partial charge on any atom is -0.460 e. The number of hydrogen-bond acceptors (Lipinski definition) is 5. The van der Waals surface area contributed by atoms with E-state index >= 15 is 0 Å². The van der Waals surface area contributed by atoms with Crippen molar-refractivity contribution >= 4 is 24.7 Å². The summed E-state index contributed by atoms with van der Waals surface area (Å²) in [4.78, 5) is 13.3. The molecule has 5 nitrogen and oxygen atoms in total. The Bertz CT molecular complexity index is 1350. The number of hydrogen-bond donors (Lipinski definition) is 0. The summed E-state index contributed by atoms with van der Waals surface area (Å²) in [5.41, 5.74) is 1.72. The minimum absolute atomic E-state index is 0.118. The first-order chi connectivity index (χ1) is 21.3. The van der Waals surface area contributed by atoms with Crippen LogP contribution in [0.2, 0.25) is 5.04 Å². The van der Waals surface area contributed by atoms with Crippen LogP contribution in [0.4, 0.5) is 0 Å². The van der Waals surface area contributed by atoms with E-state index in [0.29, 0.717) is 24.9 Å². The summed E-state index contributed by atoms with van der Waals surface area (Å²) >= 11 is 0. The van der Waals surface area contributed by atoms with E-state index in [2.05, 4.69) is 95.3 Å². The van der Waals surface area contributed by atoms with Crippen LogP contribution in [0.3, 0.4) is 0 Å². The maximum Gasteiger partial charge on any atom is 0.306 e. The van der Waals surface area contributed by atoms with Gasteiger partial charge in [0.1, 0.15) is 11.4 Å². The van der Waals surface area contributed by atoms with Crippen LogP contribution in [-0.2, 0) is 14.0 Å². The predicted octanol–water partition coefficient (Wildman–Crippen LogP) is 8.87. The molecule has 0 aliphatic heterocycles. The number of nitrogens with zero attached hydrogens (tertiary/aromatic N) is 1. The summed E-state index contributed by atoms with van der Waals surface area (Å²) in [6.07, 6.45) is 6.92. The van der Waals surface area contributed by atoms with E-state index in [1.165, 1.54) is 48.0 Å². The van der Waals surface area contributed by atoms with Crippen molar-refractivity contribution in [3.63, 3.8) is 0 Å². The lowest BCUT2D eigenvalue weighted by Crippen LogP contribution is -2.66. The number of esters is 1. The van der Waals surface area contributed by atoms with E-state index in [1.807, 2.05) is 20.8 Å². The molecule has 2 aliphatic rings. The monoisotopic (exact) mass is 629 g/mol. The topological polar surface area (TPSA) is 61.6 Å². The van der Waals surface area contributed by atoms with Crippen LogP contribution in [-0.4, -0.2) is 31.7 Å². The quantitative estimate of drug-likeness (QED) is 0.140. The van der Waals surface area contributed by atoms with E-state index in [9.17, 15) is 4.79 Å². The molecule has 1 heterocycles. The zero-order valence-electron chi connectivity index (χ0n) is 28.9. The first-order valence-corrected chi connectivity index (χ1v) is 19.2. The zero-order chi connectivity index (χ0) is 32.4. The van der Waals surface area contributed by atoms with E-state index in [1.54, 1.807) is 0 Å². The van der Waals surface area contributed by atoms with Gasteiger partial charge in [-0.15, -0.1) is 0 Å². The van der Waals surface area contributed by atoms with E-state index in [-0.39, 0.29) is 23.3 Å². The SMILES string of the molecule is CC(C)C[C@H]1C[C@@H](c2onc([C@@H](CCO[Si](c3ccccc3)(c3ccccc3)C(C)(C)C)CC(=O)OC(C)(C)C)c2C2CC2)C1. The second-order valence-corrected chi connectivity index (χ2v) is 20.4. The molecule has 45 heavy (non-hydrogen) atoms. The van der Waals surface area contributed by atoms with Gasteiger partial charge >= 0.3 is 5.97 Å². The van der Waals surface area contributed by atoms with Crippen LogP contribution in [0.25, 0.3) is 0 Å². The average Bonchev–Trinajstić information content (AvgIpc) is 3.69. The van der Waals surface area contributed by atoms with Crippen molar-refractivity contribution in [2.45, 2.75) is 129 Å². The highest BCUT2D eigenvalue weighted by atomic mass is 28.4. The zero-order valence-corrected chi connectivity index (χ0v) is 29.9. The van der Waals surface area contributed by atoms with Gasteiger partial charge in [0.2, 0.25) is 0 Å². The molecule has 1 atom stereocenters. The maximum atomic E-state index is 13.3. The van der Waals surface area contributed by atoms with Crippen LogP contribution >= 0.6 is 0 Å². The Balaban J connectivity index is 1.45. The molecule has 0 bridgehead atoms. The van der Waals surface area contributed by atoms with Gasteiger partial charge in [-0.25, -0.2) is 0 Å². The van der Waals surface area contributed by atoms with E-state index < -0.39 is 13.9 Å². The summed E-state index contributed by atoms with van der Waals surface area (Å²) in [6.45, 7) is 17.8. The van der Waals surface area contributed by atoms with Crippen LogP contribution in [0, 0.1) is 11.8 Å². The number of carbonyl (C=O) groups excluding carboxylic acids is 1. The van der Waals surface area contributed by atoms with Gasteiger partial charge in [-0.1, -0.05) is 100 Å². The molecule has 0 radical (unpaired) electrons. The van der Waals surface area contributed by atoms with Crippen LogP contribution < -0.4 is 10.4 Å². The lowest BCUT2D eigenvalue weighted by molar-refractivity contribution is -0.155. The highest BCUT2D eigenvalue weighted by Crippen LogP contribution is 2.53. The van der Waals surface area contributed by atoms with Gasteiger partial charge < -0.3 is 13.7 Å². The fourth-order valence-electron chi connectivity index (χ4n) is 7.54. The Morgan fingerprint density at radius 1 is 0.911 bits per heavy atom. The van der Waals surface area contributed by atoms with Crippen LogP contribution in [0.5, 0.6) is 0 Å². The highest BCUT2D eigenvalue weighted by Gasteiger charge is 2.50. The average molecular weight is 630 g/mol. The third-order valence-electron chi connectivity index (χ3n) is 9.60. The Kier molecular flexibility index (Phi) is 10.1. The molecule has 2 fully saturated rings. The first kappa shape index (κ1) is 33.7. The van der Waals surface area contributed by atoms with Crippen molar-refractivity contribution in [1.29, 1.82) is 0 Å². The molecule has 0 N–H and O–H groups in total. The van der Waals surface area contributed by atoms with Crippen molar-refractivity contribution in [2.75, 3.05) is 6.61 Å². The molecule has 2 aromatic carbocycles. The molecule has 6 heteroatoms. The molecule has 0 amide bonds. The van der Waals surface area contributed by atoms with Crippen molar-refractivity contribution in [2.24, 2.45) is 11.8 Å². The molecule has 0 saturated heterocycles. The number of ether oxygens (including phenoxy) is 1. The summed E-state index contributed by atoms with van der Waals surface area (Å²) in [5.74, 6) is 3.20. The van der Waals surface area contributed by atoms with E-state index in [4.69, 9.17) is 18.8 Å². The Labute approximate surface area is 272 Å². The Hall–Kier alpha value is -2.70. The van der Waals surface area contributed by atoms with Gasteiger partial charge in [0.15, 0.2) is 0 Å². The first-order valence-electron chi connectivity index (χ1n) is 17.2. The molecular weight excluding hydrogens is 575 g/mol. The molecule has 5 rings (SSSR count). The predicted molar refractivity (Wildman–Crippen MR) is 185 cm³/mol. The molecule has 2 aliphatic carbocycles. The van der Waals surface area contributed by atoms with Gasteiger partial charge in [0.25, 0.3) is 8.32 Å². The summed E-state index contributed by atoms with van der Waals surface area (Å²) in [6, 6.07) is 21.5. The molecule has 0 unspecified atom stereocenters. The maximum absolute atomic E-state index is 13.3. The van der Waals surface area contributed by atoms with Crippen molar-refractivity contribution < 1.29 is 18.5 Å². The number of rotatable bonds is 13. The minimum atomic E-state index is -2.71. The van der Waals surface area contributed by atoms with Crippen LogP contribution in [0.15, 0.2) is 65.2 Å². The van der Waals surface area contributed by atoms with E-state index in [0.717, 1.165) is 23.3 Å². The van der Waals surface area contributed by atoms with Gasteiger partial charge in [-0.2, -0.15) is 0 Å². The number of aromatic nitrogens is 1. The number of benzene rings is 2. The fourth-order valence-corrected chi connectivity index (χ4v) is 12.1.